The van der Waals surface area contributed by atoms with Crippen LogP contribution in [0, 0.1) is 10.1 Å². The number of morpholine rings is 1. The van der Waals surface area contributed by atoms with Crippen LogP contribution in [-0.2, 0) is 4.74 Å². The number of hydrogen-bond acceptors (Lipinski definition) is 4. The summed E-state index contributed by atoms with van der Waals surface area (Å²) in [6.45, 7) is 1.49. The van der Waals surface area contributed by atoms with Gasteiger partial charge >= 0.3 is 0 Å². The van der Waals surface area contributed by atoms with Crippen LogP contribution in [0.5, 0.6) is 0 Å². The second-order valence-electron chi connectivity index (χ2n) is 5.69. The number of nitrogens with one attached hydrogen (secondary N) is 1. The van der Waals surface area contributed by atoms with Crippen LogP contribution in [0.15, 0.2) is 24.3 Å². The number of rotatable bonds is 2. The summed E-state index contributed by atoms with van der Waals surface area (Å²) >= 11 is 5.53. The van der Waals surface area contributed by atoms with E-state index < -0.39 is 4.92 Å². The van der Waals surface area contributed by atoms with Crippen molar-refractivity contribution in [3.8, 4) is 0 Å². The molecule has 1 N–H and O–H groups in total. The van der Waals surface area contributed by atoms with Gasteiger partial charge in [0.15, 0.2) is 5.11 Å². The molecule has 2 aliphatic rings. The lowest BCUT2D eigenvalue weighted by Gasteiger charge is -2.45. The molecule has 7 heteroatoms. The van der Waals surface area contributed by atoms with Gasteiger partial charge in [0.05, 0.1) is 23.7 Å². The third-order valence-corrected chi connectivity index (χ3v) is 4.66. The number of hydrogen-bond donors (Lipinski definition) is 1. The van der Waals surface area contributed by atoms with Gasteiger partial charge in [-0.25, -0.2) is 0 Å². The van der Waals surface area contributed by atoms with E-state index in [9.17, 15) is 10.1 Å². The van der Waals surface area contributed by atoms with Crippen LogP contribution >= 0.6 is 12.2 Å². The van der Waals surface area contributed by atoms with Crippen LogP contribution < -0.4 is 5.32 Å². The van der Waals surface area contributed by atoms with Crippen LogP contribution in [0.3, 0.4) is 0 Å². The number of non-ortho nitro benzene ring substituents is 1. The number of ether oxygens (including phenoxy) is 1. The molecule has 1 aromatic rings. The van der Waals surface area contributed by atoms with E-state index in [0.717, 1.165) is 25.1 Å². The van der Waals surface area contributed by atoms with Crippen molar-refractivity contribution in [1.82, 2.24) is 4.90 Å². The van der Waals surface area contributed by atoms with Gasteiger partial charge in [-0.1, -0.05) is 12.8 Å². The molecular weight excluding hydrogens is 302 g/mol. The summed E-state index contributed by atoms with van der Waals surface area (Å²) in [7, 11) is 0. The van der Waals surface area contributed by atoms with Crippen molar-refractivity contribution in [2.75, 3.05) is 18.5 Å². The molecule has 0 bridgehead atoms. The molecule has 118 valence electrons. The molecule has 1 aromatic carbocycles. The average Bonchev–Trinajstić information content (AvgIpc) is 2.54. The molecule has 2 fully saturated rings. The van der Waals surface area contributed by atoms with Gasteiger partial charge in [0.1, 0.15) is 0 Å². The van der Waals surface area contributed by atoms with Crippen molar-refractivity contribution in [3.63, 3.8) is 0 Å². The Bertz CT molecular complexity index is 562. The van der Waals surface area contributed by atoms with Gasteiger partial charge in [-0.2, -0.15) is 0 Å². The smallest absolute Gasteiger partial charge is 0.269 e. The summed E-state index contributed by atoms with van der Waals surface area (Å²) < 4.78 is 5.85. The zero-order valence-corrected chi connectivity index (χ0v) is 13.1. The predicted octanol–water partition coefficient (Wildman–Crippen LogP) is 2.94. The average molecular weight is 321 g/mol. The molecule has 0 aromatic heterocycles. The van der Waals surface area contributed by atoms with Crippen LogP contribution in [-0.4, -0.2) is 40.2 Å². The lowest BCUT2D eigenvalue weighted by Crippen LogP contribution is -2.55. The fraction of sp³-hybridized carbons (Fsp3) is 0.533. The molecule has 2 unspecified atom stereocenters. The summed E-state index contributed by atoms with van der Waals surface area (Å²) in [6, 6.07) is 6.67. The molecule has 22 heavy (non-hydrogen) atoms. The largest absolute Gasteiger partial charge is 0.374 e. The zero-order valence-electron chi connectivity index (χ0n) is 12.2. The number of nitro benzene ring substituents is 1. The van der Waals surface area contributed by atoms with E-state index >= 15 is 0 Å². The van der Waals surface area contributed by atoms with Gasteiger partial charge in [-0.15, -0.1) is 0 Å². The molecule has 1 saturated carbocycles. The highest BCUT2D eigenvalue weighted by Crippen LogP contribution is 2.29. The minimum absolute atomic E-state index is 0.0789. The highest BCUT2D eigenvalue weighted by molar-refractivity contribution is 7.80. The van der Waals surface area contributed by atoms with Crippen molar-refractivity contribution in [2.45, 2.75) is 37.8 Å². The molecular formula is C15H19N3O3S. The molecule has 0 amide bonds. The Morgan fingerprint density at radius 1 is 1.32 bits per heavy atom. The number of nitrogens with zero attached hydrogens (tertiary/aromatic N) is 2. The first-order valence-corrected chi connectivity index (χ1v) is 7.99. The topological polar surface area (TPSA) is 67.6 Å². The van der Waals surface area contributed by atoms with Crippen LogP contribution in [0.25, 0.3) is 0 Å². The zero-order chi connectivity index (χ0) is 15.5. The number of nitro groups is 1. The summed E-state index contributed by atoms with van der Waals surface area (Å²) in [4.78, 5) is 12.5. The Hall–Kier alpha value is -1.73. The number of fused-ring (bicyclic) bond motifs is 1. The summed E-state index contributed by atoms with van der Waals surface area (Å²) in [6.07, 6.45) is 4.91. The van der Waals surface area contributed by atoms with Crippen molar-refractivity contribution in [2.24, 2.45) is 0 Å². The first-order chi connectivity index (χ1) is 10.6. The fourth-order valence-corrected chi connectivity index (χ4v) is 3.55. The maximum Gasteiger partial charge on any atom is 0.269 e. The van der Waals surface area contributed by atoms with E-state index in [-0.39, 0.29) is 11.8 Å². The summed E-state index contributed by atoms with van der Waals surface area (Å²) in [5.41, 5.74) is 0.852. The Labute approximate surface area is 134 Å². The van der Waals surface area contributed by atoms with Gasteiger partial charge < -0.3 is 15.0 Å². The second-order valence-corrected chi connectivity index (χ2v) is 6.08. The van der Waals surface area contributed by atoms with Gasteiger partial charge in [0.25, 0.3) is 5.69 Å². The van der Waals surface area contributed by atoms with Crippen LogP contribution in [0.2, 0.25) is 0 Å². The van der Waals surface area contributed by atoms with Gasteiger partial charge in [0.2, 0.25) is 0 Å². The molecule has 1 saturated heterocycles. The quantitative estimate of drug-likeness (QED) is 0.513. The molecule has 1 heterocycles. The molecule has 0 radical (unpaired) electrons. The Morgan fingerprint density at radius 3 is 2.77 bits per heavy atom. The highest BCUT2D eigenvalue weighted by Gasteiger charge is 2.35. The van der Waals surface area contributed by atoms with Crippen LogP contribution in [0.1, 0.15) is 25.7 Å². The lowest BCUT2D eigenvalue weighted by molar-refractivity contribution is -0.384. The van der Waals surface area contributed by atoms with E-state index in [2.05, 4.69) is 10.2 Å². The van der Waals surface area contributed by atoms with Crippen molar-refractivity contribution in [1.29, 1.82) is 0 Å². The van der Waals surface area contributed by atoms with Crippen molar-refractivity contribution in [3.05, 3.63) is 34.4 Å². The van der Waals surface area contributed by atoms with Crippen molar-refractivity contribution < 1.29 is 9.66 Å². The van der Waals surface area contributed by atoms with Crippen LogP contribution in [0.4, 0.5) is 11.4 Å². The van der Waals surface area contributed by atoms with E-state index in [4.69, 9.17) is 17.0 Å². The number of thiocarbonyl (C=S) groups is 1. The fourth-order valence-electron chi connectivity index (χ4n) is 3.21. The summed E-state index contributed by atoms with van der Waals surface area (Å²) in [5, 5.41) is 14.5. The van der Waals surface area contributed by atoms with E-state index in [1.54, 1.807) is 12.1 Å². The Morgan fingerprint density at radius 2 is 2.05 bits per heavy atom. The predicted molar refractivity (Wildman–Crippen MR) is 88.0 cm³/mol. The summed E-state index contributed by atoms with van der Waals surface area (Å²) in [5.74, 6) is 0. The lowest BCUT2D eigenvalue weighted by atomic mass is 9.90. The first kappa shape index (κ1) is 15.2. The van der Waals surface area contributed by atoms with E-state index in [0.29, 0.717) is 17.8 Å². The molecule has 6 nitrogen and oxygen atoms in total. The van der Waals surface area contributed by atoms with E-state index in [1.165, 1.54) is 25.0 Å². The number of anilines is 1. The third kappa shape index (κ3) is 3.20. The first-order valence-electron chi connectivity index (χ1n) is 7.59. The maximum atomic E-state index is 10.7. The SMILES string of the molecule is O=[N+]([O-])c1ccc(NC(=S)N2CCOC3CCCCC32)cc1. The normalized spacial score (nSPS) is 24.5. The maximum absolute atomic E-state index is 10.7. The molecule has 1 aliphatic heterocycles. The monoisotopic (exact) mass is 321 g/mol. The molecule has 3 rings (SSSR count). The Kier molecular flexibility index (Phi) is 4.54. The molecule has 1 aliphatic carbocycles. The highest BCUT2D eigenvalue weighted by atomic mass is 32.1. The second kappa shape index (κ2) is 6.58. The minimum atomic E-state index is -0.406. The molecule has 0 spiro atoms. The third-order valence-electron chi connectivity index (χ3n) is 4.32. The van der Waals surface area contributed by atoms with Crippen molar-refractivity contribution >= 4 is 28.7 Å². The van der Waals surface area contributed by atoms with Gasteiger partial charge in [0, 0.05) is 24.4 Å². The number of benzene rings is 1. The molecule has 2 atom stereocenters. The van der Waals surface area contributed by atoms with Gasteiger partial charge in [-0.3, -0.25) is 10.1 Å². The Balaban J connectivity index is 1.66. The van der Waals surface area contributed by atoms with Gasteiger partial charge in [-0.05, 0) is 37.2 Å². The standard InChI is InChI=1S/C15H19N3O3S/c19-18(20)12-7-5-11(6-8-12)16-15(22)17-9-10-21-14-4-2-1-3-13(14)17/h5-8,13-14H,1-4,9-10H2,(H,16,22). The van der Waals surface area contributed by atoms with E-state index in [1.807, 2.05) is 0 Å². The minimum Gasteiger partial charge on any atom is -0.374 e.